The lowest BCUT2D eigenvalue weighted by Crippen LogP contribution is -2.32. The molecule has 5 rings (SSSR count). The lowest BCUT2D eigenvalue weighted by Gasteiger charge is -2.16. The highest BCUT2D eigenvalue weighted by Gasteiger charge is 2.39. The average molecular weight is 447 g/mol. The number of ether oxygens (including phenoxy) is 2. The maximum atomic E-state index is 13.4. The van der Waals surface area contributed by atoms with Crippen molar-refractivity contribution in [3.05, 3.63) is 94.1 Å². The third-order valence-electron chi connectivity index (χ3n) is 5.44. The van der Waals surface area contributed by atoms with Crippen LogP contribution in [0.5, 0.6) is 11.5 Å². The lowest BCUT2D eigenvalue weighted by molar-refractivity contribution is -0.137. The smallest absolute Gasteiger partial charge is 0.278 e. The summed E-state index contributed by atoms with van der Waals surface area (Å²) < 4.78 is 10.8. The van der Waals surface area contributed by atoms with Crippen LogP contribution in [0.3, 0.4) is 0 Å². The first-order valence-electron chi connectivity index (χ1n) is 10.1. The predicted molar refractivity (Wildman–Crippen MR) is 121 cm³/mol. The van der Waals surface area contributed by atoms with Gasteiger partial charge in [-0.15, -0.1) is 0 Å². The Morgan fingerprint density at radius 2 is 1.69 bits per heavy atom. The first-order chi connectivity index (χ1) is 15.5. The summed E-state index contributed by atoms with van der Waals surface area (Å²) in [4.78, 5) is 28.0. The summed E-state index contributed by atoms with van der Waals surface area (Å²) in [5.41, 5.74) is 3.57. The number of nitrogens with one attached hydrogen (secondary N) is 1. The highest BCUT2D eigenvalue weighted by Crippen LogP contribution is 2.37. The Morgan fingerprint density at radius 1 is 0.938 bits per heavy atom. The molecule has 0 radical (unpaired) electrons. The minimum Gasteiger partial charge on any atom is -0.454 e. The van der Waals surface area contributed by atoms with E-state index in [9.17, 15) is 9.59 Å². The SMILES string of the molecule is Cc1ccc(C2=C(Nc3ccc4c(c3)OCO4)C(=O)N(Cc3ccccc3Cl)C2=O)cc1. The Labute approximate surface area is 190 Å². The van der Waals surface area contributed by atoms with Gasteiger partial charge in [-0.2, -0.15) is 0 Å². The van der Waals surface area contributed by atoms with Gasteiger partial charge in [0.1, 0.15) is 5.70 Å². The van der Waals surface area contributed by atoms with Gasteiger partial charge < -0.3 is 14.8 Å². The van der Waals surface area contributed by atoms with Crippen molar-refractivity contribution >= 4 is 34.7 Å². The zero-order valence-corrected chi connectivity index (χ0v) is 18.0. The number of halogens is 1. The molecule has 160 valence electrons. The minimum absolute atomic E-state index is 0.0824. The van der Waals surface area contributed by atoms with Crippen molar-refractivity contribution in [3.8, 4) is 11.5 Å². The number of hydrogen-bond donors (Lipinski definition) is 1. The van der Waals surface area contributed by atoms with E-state index in [2.05, 4.69) is 5.32 Å². The minimum atomic E-state index is -0.414. The van der Waals surface area contributed by atoms with Gasteiger partial charge in [0, 0.05) is 16.8 Å². The standard InChI is InChI=1S/C25H19ClN2O4/c1-15-6-8-16(9-7-15)22-23(27-18-10-11-20-21(12-18)32-14-31-20)25(30)28(24(22)29)13-17-4-2-3-5-19(17)26/h2-12,27H,13-14H2,1H3. The molecule has 0 saturated heterocycles. The van der Waals surface area contributed by atoms with Crippen LogP contribution >= 0.6 is 11.6 Å². The van der Waals surface area contributed by atoms with Crippen molar-refractivity contribution in [2.24, 2.45) is 0 Å². The molecule has 3 aromatic rings. The van der Waals surface area contributed by atoms with Crippen LogP contribution in [-0.4, -0.2) is 23.5 Å². The fourth-order valence-corrected chi connectivity index (χ4v) is 3.93. The molecule has 2 amide bonds. The largest absolute Gasteiger partial charge is 0.454 e. The molecule has 0 spiro atoms. The fourth-order valence-electron chi connectivity index (χ4n) is 3.74. The van der Waals surface area contributed by atoms with Crippen LogP contribution in [0.2, 0.25) is 5.02 Å². The maximum Gasteiger partial charge on any atom is 0.278 e. The molecule has 32 heavy (non-hydrogen) atoms. The number of amides is 2. The Hall–Kier alpha value is -3.77. The number of rotatable bonds is 5. The summed E-state index contributed by atoms with van der Waals surface area (Å²) in [7, 11) is 0. The fraction of sp³-hybridized carbons (Fsp3) is 0.120. The Kier molecular flexibility index (Phi) is 5.07. The van der Waals surface area contributed by atoms with E-state index in [-0.39, 0.29) is 24.9 Å². The summed E-state index contributed by atoms with van der Waals surface area (Å²) in [6, 6.07) is 20.0. The Balaban J connectivity index is 1.54. The number of fused-ring (bicyclic) bond motifs is 1. The van der Waals surface area contributed by atoms with E-state index >= 15 is 0 Å². The average Bonchev–Trinajstić information content (AvgIpc) is 3.34. The zero-order chi connectivity index (χ0) is 22.2. The van der Waals surface area contributed by atoms with Crippen LogP contribution in [0.1, 0.15) is 16.7 Å². The first kappa shape index (κ1) is 20.2. The van der Waals surface area contributed by atoms with Crippen LogP contribution in [0.15, 0.2) is 72.4 Å². The predicted octanol–water partition coefficient (Wildman–Crippen LogP) is 4.77. The van der Waals surface area contributed by atoms with Crippen molar-refractivity contribution in [1.82, 2.24) is 4.90 Å². The van der Waals surface area contributed by atoms with E-state index < -0.39 is 5.91 Å². The van der Waals surface area contributed by atoms with Crippen molar-refractivity contribution in [1.29, 1.82) is 0 Å². The molecule has 0 bridgehead atoms. The van der Waals surface area contributed by atoms with Crippen molar-refractivity contribution in [2.45, 2.75) is 13.5 Å². The summed E-state index contributed by atoms with van der Waals surface area (Å²) in [6.45, 7) is 2.20. The molecule has 0 unspecified atom stereocenters. The van der Waals surface area contributed by atoms with Crippen LogP contribution in [0.25, 0.3) is 5.57 Å². The van der Waals surface area contributed by atoms with Crippen LogP contribution in [-0.2, 0) is 16.1 Å². The molecule has 7 heteroatoms. The van der Waals surface area contributed by atoms with E-state index in [0.717, 1.165) is 5.56 Å². The summed E-state index contributed by atoms with van der Waals surface area (Å²) in [5, 5.41) is 3.65. The van der Waals surface area contributed by atoms with Crippen LogP contribution < -0.4 is 14.8 Å². The van der Waals surface area contributed by atoms with Crippen molar-refractivity contribution in [3.63, 3.8) is 0 Å². The van der Waals surface area contributed by atoms with Gasteiger partial charge >= 0.3 is 0 Å². The number of nitrogens with zero attached hydrogens (tertiary/aromatic N) is 1. The molecule has 6 nitrogen and oxygen atoms in total. The molecular formula is C25H19ClN2O4. The molecular weight excluding hydrogens is 428 g/mol. The van der Waals surface area contributed by atoms with Gasteiger partial charge in [-0.25, -0.2) is 0 Å². The monoisotopic (exact) mass is 446 g/mol. The van der Waals surface area contributed by atoms with E-state index in [1.165, 1.54) is 4.90 Å². The highest BCUT2D eigenvalue weighted by atomic mass is 35.5. The Morgan fingerprint density at radius 3 is 2.47 bits per heavy atom. The lowest BCUT2D eigenvalue weighted by atomic mass is 10.0. The van der Waals surface area contributed by atoms with Gasteiger partial charge in [-0.05, 0) is 36.2 Å². The molecule has 0 saturated carbocycles. The van der Waals surface area contributed by atoms with Crippen LogP contribution in [0, 0.1) is 6.92 Å². The number of benzene rings is 3. The number of carbonyl (C=O) groups is 2. The Bertz CT molecular complexity index is 1270. The van der Waals surface area contributed by atoms with Crippen LogP contribution in [0.4, 0.5) is 5.69 Å². The molecule has 2 heterocycles. The van der Waals surface area contributed by atoms with Gasteiger partial charge in [-0.1, -0.05) is 59.6 Å². The maximum absolute atomic E-state index is 13.4. The second kappa shape index (κ2) is 8.05. The van der Waals surface area contributed by atoms with Crippen molar-refractivity contribution < 1.29 is 19.1 Å². The molecule has 2 aliphatic rings. The highest BCUT2D eigenvalue weighted by molar-refractivity contribution is 6.36. The molecule has 3 aromatic carbocycles. The quantitative estimate of drug-likeness (QED) is 0.572. The van der Waals surface area contributed by atoms with Gasteiger partial charge in [0.05, 0.1) is 12.1 Å². The van der Waals surface area contributed by atoms with E-state index in [1.807, 2.05) is 43.3 Å². The van der Waals surface area contributed by atoms with E-state index in [1.54, 1.807) is 30.3 Å². The summed E-state index contributed by atoms with van der Waals surface area (Å²) in [5.74, 6) is 0.430. The normalized spacial score (nSPS) is 15.0. The van der Waals surface area contributed by atoms with E-state index in [0.29, 0.717) is 38.9 Å². The third-order valence-corrected chi connectivity index (χ3v) is 5.81. The van der Waals surface area contributed by atoms with Gasteiger partial charge in [0.15, 0.2) is 11.5 Å². The van der Waals surface area contributed by atoms with E-state index in [4.69, 9.17) is 21.1 Å². The third kappa shape index (κ3) is 3.59. The number of hydrogen-bond acceptors (Lipinski definition) is 5. The molecule has 0 aromatic heterocycles. The summed E-state index contributed by atoms with van der Waals surface area (Å²) in [6.07, 6.45) is 0. The number of imide groups is 1. The number of anilines is 1. The molecule has 0 atom stereocenters. The molecule has 0 aliphatic carbocycles. The van der Waals surface area contributed by atoms with Gasteiger partial charge in [0.2, 0.25) is 6.79 Å². The molecule has 1 N–H and O–H groups in total. The zero-order valence-electron chi connectivity index (χ0n) is 17.2. The summed E-state index contributed by atoms with van der Waals surface area (Å²) >= 11 is 6.28. The number of aryl methyl sites for hydroxylation is 1. The second-order valence-electron chi connectivity index (χ2n) is 7.60. The molecule has 0 fully saturated rings. The first-order valence-corrected chi connectivity index (χ1v) is 10.5. The number of carbonyl (C=O) groups excluding carboxylic acids is 2. The van der Waals surface area contributed by atoms with Gasteiger partial charge in [-0.3, -0.25) is 14.5 Å². The van der Waals surface area contributed by atoms with Gasteiger partial charge in [0.25, 0.3) is 11.8 Å². The molecule has 2 aliphatic heterocycles. The van der Waals surface area contributed by atoms with Crippen molar-refractivity contribution in [2.75, 3.05) is 12.1 Å². The second-order valence-corrected chi connectivity index (χ2v) is 8.00. The topological polar surface area (TPSA) is 67.9 Å².